The van der Waals surface area contributed by atoms with Gasteiger partial charge in [-0.2, -0.15) is 0 Å². The third-order valence-electron chi connectivity index (χ3n) is 4.37. The molecule has 3 N–H and O–H groups in total. The fraction of sp³-hybridized carbons (Fsp3) is 0.933. The van der Waals surface area contributed by atoms with Crippen LogP contribution >= 0.6 is 0 Å². The van der Waals surface area contributed by atoms with Crippen LogP contribution in [0, 0.1) is 16.7 Å². The summed E-state index contributed by atoms with van der Waals surface area (Å²) in [5.74, 6) is 1.27. The molecule has 3 heteroatoms. The van der Waals surface area contributed by atoms with Crippen molar-refractivity contribution in [3.63, 3.8) is 0 Å². The maximum Gasteiger partial charge on any atom is 0.0963 e. The van der Waals surface area contributed by atoms with Crippen LogP contribution in [0.25, 0.3) is 0 Å². The van der Waals surface area contributed by atoms with Crippen LogP contribution in [0.1, 0.15) is 58.8 Å². The van der Waals surface area contributed by atoms with E-state index >= 15 is 0 Å². The summed E-state index contributed by atoms with van der Waals surface area (Å²) in [6, 6.07) is 0. The van der Waals surface area contributed by atoms with Gasteiger partial charge in [-0.1, -0.05) is 33.1 Å². The minimum absolute atomic E-state index is 0.121. The molecule has 0 aliphatic heterocycles. The van der Waals surface area contributed by atoms with Crippen molar-refractivity contribution >= 4 is 5.84 Å². The molecule has 0 bridgehead atoms. The van der Waals surface area contributed by atoms with Gasteiger partial charge in [0, 0.05) is 12.0 Å². The molecule has 1 aliphatic rings. The molecule has 0 radical (unpaired) electrons. The largest absolute Gasteiger partial charge is 0.387 e. The number of amidine groups is 1. The second kappa shape index (κ2) is 7.13. The van der Waals surface area contributed by atoms with E-state index in [2.05, 4.69) is 25.8 Å². The minimum atomic E-state index is -0.121. The van der Waals surface area contributed by atoms with Crippen LogP contribution in [0.4, 0.5) is 0 Å². The molecule has 1 fully saturated rings. The van der Waals surface area contributed by atoms with E-state index in [4.69, 9.17) is 11.1 Å². The molecule has 0 spiro atoms. The van der Waals surface area contributed by atoms with Gasteiger partial charge in [0.1, 0.15) is 0 Å². The van der Waals surface area contributed by atoms with E-state index in [0.717, 1.165) is 12.3 Å². The van der Waals surface area contributed by atoms with Gasteiger partial charge in [0.2, 0.25) is 0 Å². The quantitative estimate of drug-likeness (QED) is 0.396. The van der Waals surface area contributed by atoms with E-state index in [1.807, 2.05) is 0 Å². The lowest BCUT2D eigenvalue weighted by Crippen LogP contribution is -2.31. The average Bonchev–Trinajstić information content (AvgIpc) is 2.77. The number of hydrogen-bond acceptors (Lipinski definition) is 2. The van der Waals surface area contributed by atoms with E-state index in [-0.39, 0.29) is 5.41 Å². The van der Waals surface area contributed by atoms with Gasteiger partial charge in [0.05, 0.1) is 5.84 Å². The highest BCUT2D eigenvalue weighted by molar-refractivity contribution is 5.82. The highest BCUT2D eigenvalue weighted by atomic mass is 15.1. The SMILES string of the molecule is CN(CCCCC(C)(C)C(=N)N)CC1CCCC1. The Morgan fingerprint density at radius 2 is 1.89 bits per heavy atom. The summed E-state index contributed by atoms with van der Waals surface area (Å²) in [5.41, 5.74) is 5.47. The summed E-state index contributed by atoms with van der Waals surface area (Å²) < 4.78 is 0. The van der Waals surface area contributed by atoms with Crippen molar-refractivity contribution in [2.24, 2.45) is 17.1 Å². The third-order valence-corrected chi connectivity index (χ3v) is 4.37. The Morgan fingerprint density at radius 1 is 1.28 bits per heavy atom. The van der Waals surface area contributed by atoms with Crippen LogP contribution in [0.2, 0.25) is 0 Å². The van der Waals surface area contributed by atoms with Crippen molar-refractivity contribution < 1.29 is 0 Å². The molecule has 0 heterocycles. The standard InChI is InChI=1S/C15H31N3/c1-15(2,14(16)17)10-6-7-11-18(3)12-13-8-4-5-9-13/h13H,4-12H2,1-3H3,(H3,16,17). The smallest absolute Gasteiger partial charge is 0.0963 e. The summed E-state index contributed by atoms with van der Waals surface area (Å²) in [6.45, 7) is 6.59. The minimum Gasteiger partial charge on any atom is -0.387 e. The molecule has 1 aliphatic carbocycles. The van der Waals surface area contributed by atoms with Gasteiger partial charge < -0.3 is 10.6 Å². The number of nitrogens with one attached hydrogen (secondary N) is 1. The van der Waals surface area contributed by atoms with Crippen molar-refractivity contribution in [3.8, 4) is 0 Å². The molecule has 0 aromatic carbocycles. The van der Waals surface area contributed by atoms with Crippen molar-refractivity contribution in [2.75, 3.05) is 20.1 Å². The molecule has 0 amide bonds. The first-order valence-electron chi connectivity index (χ1n) is 7.45. The molecule has 0 unspecified atom stereocenters. The van der Waals surface area contributed by atoms with E-state index in [1.54, 1.807) is 0 Å². The summed E-state index contributed by atoms with van der Waals surface area (Å²) in [7, 11) is 2.24. The topological polar surface area (TPSA) is 53.1 Å². The van der Waals surface area contributed by atoms with Crippen LogP contribution < -0.4 is 5.73 Å². The molecular weight excluding hydrogens is 222 g/mol. The lowest BCUT2D eigenvalue weighted by atomic mass is 9.86. The second-order valence-electron chi connectivity index (χ2n) is 6.67. The molecule has 1 rings (SSSR count). The normalized spacial score (nSPS) is 17.6. The van der Waals surface area contributed by atoms with Gasteiger partial charge in [-0.15, -0.1) is 0 Å². The molecule has 1 saturated carbocycles. The fourth-order valence-corrected chi connectivity index (χ4v) is 2.81. The number of hydrogen-bond donors (Lipinski definition) is 2. The van der Waals surface area contributed by atoms with Gasteiger partial charge in [0.15, 0.2) is 0 Å². The maximum atomic E-state index is 7.53. The molecule has 0 aromatic heterocycles. The van der Waals surface area contributed by atoms with Gasteiger partial charge in [-0.05, 0) is 45.2 Å². The van der Waals surface area contributed by atoms with Crippen molar-refractivity contribution in [1.29, 1.82) is 5.41 Å². The van der Waals surface area contributed by atoms with Gasteiger partial charge in [-0.3, -0.25) is 5.41 Å². The molecule has 0 atom stereocenters. The Kier molecular flexibility index (Phi) is 6.13. The Morgan fingerprint density at radius 3 is 2.44 bits per heavy atom. The Labute approximate surface area is 113 Å². The first-order chi connectivity index (χ1) is 8.42. The first-order valence-corrected chi connectivity index (χ1v) is 7.45. The number of rotatable bonds is 8. The monoisotopic (exact) mass is 253 g/mol. The Balaban J connectivity index is 2.08. The Hall–Kier alpha value is -0.570. The first kappa shape index (κ1) is 15.5. The van der Waals surface area contributed by atoms with E-state index in [0.29, 0.717) is 5.84 Å². The second-order valence-corrected chi connectivity index (χ2v) is 6.67. The van der Waals surface area contributed by atoms with E-state index < -0.39 is 0 Å². The molecular formula is C15H31N3. The number of unbranched alkanes of at least 4 members (excludes halogenated alkanes) is 1. The molecule has 18 heavy (non-hydrogen) atoms. The van der Waals surface area contributed by atoms with Gasteiger partial charge in [0.25, 0.3) is 0 Å². The zero-order valence-electron chi connectivity index (χ0n) is 12.5. The Bertz CT molecular complexity index is 254. The number of nitrogens with two attached hydrogens (primary N) is 1. The van der Waals surface area contributed by atoms with Crippen LogP contribution in [0.3, 0.4) is 0 Å². The van der Waals surface area contributed by atoms with E-state index in [1.165, 1.54) is 51.6 Å². The van der Waals surface area contributed by atoms with Crippen molar-refractivity contribution in [1.82, 2.24) is 4.90 Å². The molecule has 0 aromatic rings. The third kappa shape index (κ3) is 5.38. The summed E-state index contributed by atoms with van der Waals surface area (Å²) in [6.07, 6.45) is 9.15. The van der Waals surface area contributed by atoms with E-state index in [9.17, 15) is 0 Å². The van der Waals surface area contributed by atoms with Crippen LogP contribution in [0.15, 0.2) is 0 Å². The predicted octanol–water partition coefficient (Wildman–Crippen LogP) is 3.24. The summed E-state index contributed by atoms with van der Waals surface area (Å²) in [5, 5.41) is 7.53. The zero-order valence-corrected chi connectivity index (χ0v) is 12.5. The van der Waals surface area contributed by atoms with Crippen LogP contribution in [0.5, 0.6) is 0 Å². The average molecular weight is 253 g/mol. The lowest BCUT2D eigenvalue weighted by molar-refractivity contribution is 0.268. The number of nitrogens with zero attached hydrogens (tertiary/aromatic N) is 1. The van der Waals surface area contributed by atoms with Crippen molar-refractivity contribution in [3.05, 3.63) is 0 Å². The highest BCUT2D eigenvalue weighted by Crippen LogP contribution is 2.25. The zero-order chi connectivity index (χ0) is 13.6. The maximum absolute atomic E-state index is 7.53. The molecule has 106 valence electrons. The van der Waals surface area contributed by atoms with Gasteiger partial charge in [-0.25, -0.2) is 0 Å². The van der Waals surface area contributed by atoms with Crippen molar-refractivity contribution in [2.45, 2.75) is 58.8 Å². The van der Waals surface area contributed by atoms with Crippen LogP contribution in [-0.2, 0) is 0 Å². The molecule has 3 nitrogen and oxygen atoms in total. The predicted molar refractivity (Wildman–Crippen MR) is 79.0 cm³/mol. The highest BCUT2D eigenvalue weighted by Gasteiger charge is 2.21. The van der Waals surface area contributed by atoms with Crippen LogP contribution in [-0.4, -0.2) is 30.9 Å². The summed E-state index contributed by atoms with van der Waals surface area (Å²) >= 11 is 0. The summed E-state index contributed by atoms with van der Waals surface area (Å²) in [4.78, 5) is 2.48. The lowest BCUT2D eigenvalue weighted by Gasteiger charge is -2.24. The fourth-order valence-electron chi connectivity index (χ4n) is 2.81. The van der Waals surface area contributed by atoms with Gasteiger partial charge >= 0.3 is 0 Å². The molecule has 0 saturated heterocycles.